The Morgan fingerprint density at radius 3 is 2.09 bits per heavy atom. The van der Waals surface area contributed by atoms with Gasteiger partial charge in [0.05, 0.1) is 0 Å². The molecule has 1 atom stereocenters. The molecule has 0 saturated carbocycles. The van der Waals surface area contributed by atoms with Gasteiger partial charge in [-0.25, -0.2) is 0 Å². The van der Waals surface area contributed by atoms with Crippen molar-refractivity contribution in [2.24, 2.45) is 0 Å². The molecule has 1 aliphatic carbocycles. The first-order valence-corrected chi connectivity index (χ1v) is 8.22. The number of anilines is 1. The molecule has 0 aliphatic heterocycles. The van der Waals surface area contributed by atoms with Crippen molar-refractivity contribution in [1.82, 2.24) is 0 Å². The van der Waals surface area contributed by atoms with Crippen molar-refractivity contribution in [3.8, 4) is 0 Å². The summed E-state index contributed by atoms with van der Waals surface area (Å²) in [6, 6.07) is 26.3. The van der Waals surface area contributed by atoms with Crippen LogP contribution in [-0.4, -0.2) is 0 Å². The first-order chi connectivity index (χ1) is 11.2. The van der Waals surface area contributed by atoms with Gasteiger partial charge >= 0.3 is 0 Å². The second-order valence-corrected chi connectivity index (χ2v) is 6.55. The lowest BCUT2D eigenvalue weighted by molar-refractivity contribution is 0.610. The predicted octanol–water partition coefficient (Wildman–Crippen LogP) is 4.86. The van der Waals surface area contributed by atoms with Gasteiger partial charge in [0, 0.05) is 11.1 Å². The maximum atomic E-state index is 5.92. The van der Waals surface area contributed by atoms with Crippen LogP contribution in [0, 0.1) is 6.92 Å². The molecule has 0 fully saturated rings. The molecule has 0 bridgehead atoms. The molecule has 1 unspecified atom stereocenters. The minimum atomic E-state index is -0.0575. The highest BCUT2D eigenvalue weighted by Gasteiger charge is 2.41. The molecule has 23 heavy (non-hydrogen) atoms. The number of rotatable bonds is 2. The van der Waals surface area contributed by atoms with Gasteiger partial charge in [-0.15, -0.1) is 0 Å². The van der Waals surface area contributed by atoms with E-state index in [1.54, 1.807) is 0 Å². The van der Waals surface area contributed by atoms with E-state index in [2.05, 4.69) is 67.6 Å². The third-order valence-electron chi connectivity index (χ3n) is 5.19. The first kappa shape index (κ1) is 14.1. The summed E-state index contributed by atoms with van der Waals surface area (Å²) in [5.74, 6) is 0. The van der Waals surface area contributed by atoms with Crippen LogP contribution in [0.25, 0.3) is 0 Å². The third kappa shape index (κ3) is 2.16. The third-order valence-corrected chi connectivity index (χ3v) is 5.19. The van der Waals surface area contributed by atoms with Crippen molar-refractivity contribution >= 4 is 5.69 Å². The molecule has 1 nitrogen and oxygen atoms in total. The molecule has 0 aromatic heterocycles. The van der Waals surface area contributed by atoms with Gasteiger partial charge in [0.2, 0.25) is 0 Å². The van der Waals surface area contributed by atoms with Crippen molar-refractivity contribution in [2.45, 2.75) is 25.2 Å². The first-order valence-electron chi connectivity index (χ1n) is 8.22. The number of nitrogens with two attached hydrogens (primary N) is 1. The van der Waals surface area contributed by atoms with E-state index in [1.165, 1.54) is 27.8 Å². The molecule has 114 valence electrons. The van der Waals surface area contributed by atoms with E-state index < -0.39 is 0 Å². The van der Waals surface area contributed by atoms with E-state index >= 15 is 0 Å². The Balaban J connectivity index is 1.99. The summed E-state index contributed by atoms with van der Waals surface area (Å²) in [5.41, 5.74) is 13.6. The number of aryl methyl sites for hydroxylation is 2. The second-order valence-electron chi connectivity index (χ2n) is 6.55. The number of benzene rings is 3. The lowest BCUT2D eigenvalue weighted by Gasteiger charge is -2.32. The fourth-order valence-electron chi connectivity index (χ4n) is 3.98. The fraction of sp³-hybridized carbons (Fsp3) is 0.182. The van der Waals surface area contributed by atoms with E-state index in [9.17, 15) is 0 Å². The summed E-state index contributed by atoms with van der Waals surface area (Å²) in [4.78, 5) is 0. The fourth-order valence-corrected chi connectivity index (χ4v) is 3.98. The topological polar surface area (TPSA) is 26.0 Å². The maximum absolute atomic E-state index is 5.92. The molecule has 4 rings (SSSR count). The van der Waals surface area contributed by atoms with Gasteiger partial charge < -0.3 is 5.73 Å². The second kappa shape index (κ2) is 5.27. The lowest BCUT2D eigenvalue weighted by Crippen LogP contribution is -2.26. The highest BCUT2D eigenvalue weighted by atomic mass is 14.5. The summed E-state index contributed by atoms with van der Waals surface area (Å²) < 4.78 is 0. The van der Waals surface area contributed by atoms with Gasteiger partial charge in [-0.1, -0.05) is 66.2 Å². The Morgan fingerprint density at radius 2 is 1.39 bits per heavy atom. The van der Waals surface area contributed by atoms with E-state index in [0.29, 0.717) is 0 Å². The Bertz CT molecular complexity index is 783. The van der Waals surface area contributed by atoms with Crippen LogP contribution in [0.3, 0.4) is 0 Å². The minimum Gasteiger partial charge on any atom is -0.399 e. The van der Waals surface area contributed by atoms with Crippen molar-refractivity contribution in [1.29, 1.82) is 0 Å². The van der Waals surface area contributed by atoms with Crippen molar-refractivity contribution < 1.29 is 0 Å². The van der Waals surface area contributed by atoms with Crippen LogP contribution in [0.5, 0.6) is 0 Å². The highest BCUT2D eigenvalue weighted by molar-refractivity contribution is 5.57. The molecule has 0 heterocycles. The molecule has 3 aromatic rings. The Morgan fingerprint density at radius 1 is 0.783 bits per heavy atom. The van der Waals surface area contributed by atoms with Gasteiger partial charge in [0.1, 0.15) is 0 Å². The van der Waals surface area contributed by atoms with Gasteiger partial charge in [0.15, 0.2) is 0 Å². The van der Waals surface area contributed by atoms with Gasteiger partial charge in [-0.05, 0) is 54.2 Å². The van der Waals surface area contributed by atoms with Crippen LogP contribution in [0.2, 0.25) is 0 Å². The molecule has 0 amide bonds. The van der Waals surface area contributed by atoms with E-state index in [-0.39, 0.29) is 5.41 Å². The number of fused-ring (bicyclic) bond motifs is 1. The van der Waals surface area contributed by atoms with Crippen LogP contribution in [0.15, 0.2) is 72.8 Å². The van der Waals surface area contributed by atoms with Crippen molar-refractivity contribution in [3.63, 3.8) is 0 Å². The number of hydrogen-bond donors (Lipinski definition) is 1. The summed E-state index contributed by atoms with van der Waals surface area (Å²) >= 11 is 0. The highest BCUT2D eigenvalue weighted by Crippen LogP contribution is 2.48. The molecular formula is C22H21N. The largest absolute Gasteiger partial charge is 0.399 e. The van der Waals surface area contributed by atoms with Crippen LogP contribution < -0.4 is 5.73 Å². The zero-order valence-electron chi connectivity index (χ0n) is 13.4. The summed E-state index contributed by atoms with van der Waals surface area (Å²) in [6.07, 6.45) is 2.23. The Kier molecular flexibility index (Phi) is 3.23. The zero-order chi connectivity index (χ0) is 15.9. The standard InChI is InChI=1S/C22H21N/c1-16-6-8-18(9-7-16)22(19-10-12-20(23)13-11-19)15-14-17-4-2-3-5-21(17)22/h2-13H,14-15,23H2,1H3. The smallest absolute Gasteiger partial charge is 0.0457 e. The van der Waals surface area contributed by atoms with Crippen molar-refractivity contribution in [3.05, 3.63) is 101 Å². The maximum Gasteiger partial charge on any atom is 0.0457 e. The monoisotopic (exact) mass is 299 g/mol. The van der Waals surface area contributed by atoms with Gasteiger partial charge in [0.25, 0.3) is 0 Å². The average molecular weight is 299 g/mol. The normalized spacial score (nSPS) is 19.5. The van der Waals surface area contributed by atoms with Crippen molar-refractivity contribution in [2.75, 3.05) is 5.73 Å². The van der Waals surface area contributed by atoms with Gasteiger partial charge in [-0.3, -0.25) is 0 Å². The van der Waals surface area contributed by atoms with Gasteiger partial charge in [-0.2, -0.15) is 0 Å². The molecule has 2 N–H and O–H groups in total. The average Bonchev–Trinajstić information content (AvgIpc) is 2.97. The Hall–Kier alpha value is -2.54. The Labute approximate surface area is 137 Å². The molecule has 0 saturated heterocycles. The zero-order valence-corrected chi connectivity index (χ0v) is 13.4. The molecular weight excluding hydrogens is 278 g/mol. The summed E-state index contributed by atoms with van der Waals surface area (Å²) in [6.45, 7) is 2.14. The van der Waals surface area contributed by atoms with Crippen LogP contribution >= 0.6 is 0 Å². The lowest BCUT2D eigenvalue weighted by atomic mass is 9.70. The summed E-state index contributed by atoms with van der Waals surface area (Å²) in [5, 5.41) is 0. The summed E-state index contributed by atoms with van der Waals surface area (Å²) in [7, 11) is 0. The van der Waals surface area contributed by atoms with E-state index in [0.717, 1.165) is 18.5 Å². The SMILES string of the molecule is Cc1ccc(C2(c3ccc(N)cc3)CCc3ccccc32)cc1. The molecule has 0 radical (unpaired) electrons. The van der Waals surface area contributed by atoms with E-state index in [1.807, 2.05) is 12.1 Å². The number of hydrogen-bond acceptors (Lipinski definition) is 1. The molecule has 0 spiro atoms. The van der Waals surface area contributed by atoms with Crippen LogP contribution in [-0.2, 0) is 11.8 Å². The quantitative estimate of drug-likeness (QED) is 0.672. The van der Waals surface area contributed by atoms with Crippen LogP contribution in [0.1, 0.15) is 34.2 Å². The number of nitrogen functional groups attached to an aromatic ring is 1. The molecule has 3 aromatic carbocycles. The van der Waals surface area contributed by atoms with E-state index in [4.69, 9.17) is 5.73 Å². The molecule has 1 aliphatic rings. The van der Waals surface area contributed by atoms with Crippen LogP contribution in [0.4, 0.5) is 5.69 Å². The molecule has 1 heteroatoms. The minimum absolute atomic E-state index is 0.0575. The predicted molar refractivity (Wildman–Crippen MR) is 96.7 cm³/mol.